The molecule has 8 nitrogen and oxygen atoms in total. The molecule has 2 aliphatic carbocycles. The number of aliphatic carboxylic acids is 1. The molecule has 2 aliphatic heterocycles. The monoisotopic (exact) mass is 443 g/mol. The molecule has 8 heteroatoms. The number of nitrogens with zero attached hydrogens (tertiary/aromatic N) is 3. The van der Waals surface area contributed by atoms with E-state index in [4.69, 9.17) is 4.74 Å². The molecular formula is C24H33N3O5. The van der Waals surface area contributed by atoms with Gasteiger partial charge in [0.05, 0.1) is 17.6 Å². The Morgan fingerprint density at radius 1 is 1.06 bits per heavy atom. The van der Waals surface area contributed by atoms with E-state index in [1.165, 1.54) is 0 Å². The molecule has 0 aromatic carbocycles. The fourth-order valence-electron chi connectivity index (χ4n) is 6.60. The second-order valence-corrected chi connectivity index (χ2v) is 10.0. The third-order valence-corrected chi connectivity index (χ3v) is 8.37. The van der Waals surface area contributed by atoms with Gasteiger partial charge in [-0.2, -0.15) is 0 Å². The number of amides is 1. The van der Waals surface area contributed by atoms with Crippen molar-refractivity contribution in [3.05, 3.63) is 24.5 Å². The van der Waals surface area contributed by atoms with E-state index in [1.807, 2.05) is 17.0 Å². The van der Waals surface area contributed by atoms with Crippen molar-refractivity contribution in [3.63, 3.8) is 0 Å². The Labute approximate surface area is 188 Å². The lowest BCUT2D eigenvalue weighted by Gasteiger charge is -2.47. The van der Waals surface area contributed by atoms with Crippen molar-refractivity contribution in [3.8, 4) is 0 Å². The van der Waals surface area contributed by atoms with E-state index in [2.05, 4.69) is 9.88 Å². The predicted molar refractivity (Wildman–Crippen MR) is 117 cm³/mol. The molecule has 1 aromatic heterocycles. The van der Waals surface area contributed by atoms with E-state index in [0.29, 0.717) is 25.7 Å². The molecule has 2 saturated heterocycles. The summed E-state index contributed by atoms with van der Waals surface area (Å²) in [4.78, 5) is 32.7. The minimum absolute atomic E-state index is 0.0138. The van der Waals surface area contributed by atoms with Crippen LogP contribution in [0.5, 0.6) is 0 Å². The molecule has 174 valence electrons. The van der Waals surface area contributed by atoms with E-state index < -0.39 is 11.6 Å². The molecule has 1 aromatic rings. The van der Waals surface area contributed by atoms with Crippen molar-refractivity contribution in [1.82, 2.24) is 9.88 Å². The zero-order chi connectivity index (χ0) is 22.3. The standard InChI is InChI=1S/C24H33N3O5/c28-22(29)16-4-10-24(31,11-5-16)19-2-1-3-20-21(19)32-23(30)27(20)18-8-14-26(15-9-18)17-6-12-25-13-7-17/h6-7,12-13,16,18-21,31H,1-5,8-11,14-15H2,(H,28,29). The van der Waals surface area contributed by atoms with Crippen LogP contribution < -0.4 is 4.90 Å². The first-order valence-corrected chi connectivity index (χ1v) is 12.1. The first-order chi connectivity index (χ1) is 15.5. The number of carboxylic acid groups (broad SMARTS) is 1. The molecular weight excluding hydrogens is 410 g/mol. The molecule has 3 atom stereocenters. The molecule has 0 radical (unpaired) electrons. The van der Waals surface area contributed by atoms with Gasteiger partial charge < -0.3 is 19.8 Å². The maximum absolute atomic E-state index is 13.0. The van der Waals surface area contributed by atoms with Crippen molar-refractivity contribution in [2.75, 3.05) is 18.0 Å². The average molecular weight is 444 g/mol. The number of ether oxygens (including phenoxy) is 1. The van der Waals surface area contributed by atoms with Crippen LogP contribution in [0.3, 0.4) is 0 Å². The fourth-order valence-corrected chi connectivity index (χ4v) is 6.60. The summed E-state index contributed by atoms with van der Waals surface area (Å²) in [6.45, 7) is 1.78. The van der Waals surface area contributed by atoms with Gasteiger partial charge in [-0.15, -0.1) is 0 Å². The van der Waals surface area contributed by atoms with Gasteiger partial charge in [0.15, 0.2) is 0 Å². The molecule has 3 heterocycles. The Morgan fingerprint density at radius 3 is 2.41 bits per heavy atom. The zero-order valence-electron chi connectivity index (χ0n) is 18.4. The van der Waals surface area contributed by atoms with Crippen LogP contribution in [0.1, 0.15) is 57.8 Å². The van der Waals surface area contributed by atoms with Gasteiger partial charge in [0, 0.05) is 43.1 Å². The molecule has 0 spiro atoms. The summed E-state index contributed by atoms with van der Waals surface area (Å²) in [5, 5.41) is 20.8. The van der Waals surface area contributed by atoms with Crippen LogP contribution in [-0.2, 0) is 9.53 Å². The predicted octanol–water partition coefficient (Wildman–Crippen LogP) is 3.05. The Morgan fingerprint density at radius 2 is 1.75 bits per heavy atom. The lowest BCUT2D eigenvalue weighted by Crippen LogP contribution is -2.55. The van der Waals surface area contributed by atoms with Gasteiger partial charge in [-0.1, -0.05) is 6.42 Å². The number of hydrogen-bond donors (Lipinski definition) is 2. The number of rotatable bonds is 4. The van der Waals surface area contributed by atoms with Crippen LogP contribution >= 0.6 is 0 Å². The zero-order valence-corrected chi connectivity index (χ0v) is 18.4. The minimum atomic E-state index is -0.934. The van der Waals surface area contributed by atoms with Crippen molar-refractivity contribution >= 4 is 17.7 Å². The van der Waals surface area contributed by atoms with Gasteiger partial charge in [-0.25, -0.2) is 4.79 Å². The van der Waals surface area contributed by atoms with Gasteiger partial charge in [0.25, 0.3) is 0 Å². The van der Waals surface area contributed by atoms with Gasteiger partial charge >= 0.3 is 12.1 Å². The maximum Gasteiger partial charge on any atom is 0.410 e. The molecule has 5 rings (SSSR count). The van der Waals surface area contributed by atoms with E-state index in [1.54, 1.807) is 12.4 Å². The number of aromatic nitrogens is 1. The van der Waals surface area contributed by atoms with E-state index in [-0.39, 0.29) is 36.1 Å². The highest BCUT2D eigenvalue weighted by Crippen LogP contribution is 2.48. The molecule has 0 bridgehead atoms. The Balaban J connectivity index is 1.26. The van der Waals surface area contributed by atoms with Crippen LogP contribution in [0.15, 0.2) is 24.5 Å². The minimum Gasteiger partial charge on any atom is -0.481 e. The molecule has 1 amide bonds. The number of aliphatic hydroxyl groups is 1. The number of pyridine rings is 1. The molecule has 2 N–H and O–H groups in total. The summed E-state index contributed by atoms with van der Waals surface area (Å²) in [5.74, 6) is -1.25. The summed E-state index contributed by atoms with van der Waals surface area (Å²) in [5.41, 5.74) is 0.230. The van der Waals surface area contributed by atoms with Gasteiger partial charge in [0.1, 0.15) is 6.10 Å². The largest absolute Gasteiger partial charge is 0.481 e. The number of hydrogen-bond acceptors (Lipinski definition) is 6. The Hall–Kier alpha value is -2.35. The lowest BCUT2D eigenvalue weighted by atomic mass is 9.65. The summed E-state index contributed by atoms with van der Waals surface area (Å²) in [6, 6.07) is 4.21. The maximum atomic E-state index is 13.0. The number of carbonyl (C=O) groups is 2. The van der Waals surface area contributed by atoms with Crippen molar-refractivity contribution in [2.45, 2.75) is 81.6 Å². The quantitative estimate of drug-likeness (QED) is 0.737. The van der Waals surface area contributed by atoms with Crippen LogP contribution in [0.25, 0.3) is 0 Å². The first kappa shape index (κ1) is 21.5. The third kappa shape index (κ3) is 3.83. The Kier molecular flexibility index (Phi) is 5.73. The summed E-state index contributed by atoms with van der Waals surface area (Å²) in [7, 11) is 0. The molecule has 2 saturated carbocycles. The van der Waals surface area contributed by atoms with Crippen molar-refractivity contribution in [2.24, 2.45) is 11.8 Å². The fraction of sp³-hybridized carbons (Fsp3) is 0.708. The van der Waals surface area contributed by atoms with Gasteiger partial charge in [-0.3, -0.25) is 14.7 Å². The number of piperidine rings is 1. The topological polar surface area (TPSA) is 103 Å². The van der Waals surface area contributed by atoms with Crippen molar-refractivity contribution < 1.29 is 24.5 Å². The second-order valence-electron chi connectivity index (χ2n) is 10.0. The summed E-state index contributed by atoms with van der Waals surface area (Å²) >= 11 is 0. The average Bonchev–Trinajstić information content (AvgIpc) is 3.15. The van der Waals surface area contributed by atoms with E-state index in [9.17, 15) is 19.8 Å². The second kappa shape index (κ2) is 8.54. The SMILES string of the molecule is O=C(O)C1CCC(O)(C2CCCC3C2OC(=O)N3C2CCN(c3ccncc3)CC2)CC1. The summed E-state index contributed by atoms with van der Waals surface area (Å²) in [6.07, 6.45) is 9.50. The van der Waals surface area contributed by atoms with E-state index in [0.717, 1.165) is 50.9 Å². The summed E-state index contributed by atoms with van der Waals surface area (Å²) < 4.78 is 5.94. The van der Waals surface area contributed by atoms with Crippen LogP contribution in [-0.4, -0.2) is 69.0 Å². The van der Waals surface area contributed by atoms with E-state index >= 15 is 0 Å². The number of anilines is 1. The molecule has 3 unspecified atom stereocenters. The number of fused-ring (bicyclic) bond motifs is 1. The van der Waals surface area contributed by atoms with Crippen LogP contribution in [0.4, 0.5) is 10.5 Å². The number of carbonyl (C=O) groups excluding carboxylic acids is 1. The molecule has 4 aliphatic rings. The molecule has 4 fully saturated rings. The highest BCUT2D eigenvalue weighted by molar-refractivity contribution is 5.71. The number of carboxylic acids is 1. The molecule has 32 heavy (non-hydrogen) atoms. The Bertz CT molecular complexity index is 833. The normalized spacial score (nSPS) is 36.0. The first-order valence-electron chi connectivity index (χ1n) is 12.1. The lowest BCUT2D eigenvalue weighted by molar-refractivity contribution is -0.149. The highest BCUT2D eigenvalue weighted by atomic mass is 16.6. The third-order valence-electron chi connectivity index (χ3n) is 8.37. The van der Waals surface area contributed by atoms with Gasteiger partial charge in [-0.05, 0) is 63.5 Å². The smallest absolute Gasteiger partial charge is 0.410 e. The van der Waals surface area contributed by atoms with Crippen molar-refractivity contribution in [1.29, 1.82) is 0 Å². The van der Waals surface area contributed by atoms with Crippen LogP contribution in [0, 0.1) is 11.8 Å². The van der Waals surface area contributed by atoms with Gasteiger partial charge in [0.2, 0.25) is 0 Å². The van der Waals surface area contributed by atoms with Crippen LogP contribution in [0.2, 0.25) is 0 Å². The highest BCUT2D eigenvalue weighted by Gasteiger charge is 2.56.